The fourth-order valence-corrected chi connectivity index (χ4v) is 3.78. The minimum absolute atomic E-state index is 0.528. The van der Waals surface area contributed by atoms with Crippen LogP contribution in [0.4, 0.5) is 11.8 Å². The van der Waals surface area contributed by atoms with Crippen molar-refractivity contribution in [2.45, 2.75) is 19.3 Å². The molecule has 7 nitrogen and oxygen atoms in total. The van der Waals surface area contributed by atoms with Crippen LogP contribution in [0.25, 0.3) is 22.3 Å². The maximum Gasteiger partial charge on any atom is 0.225 e. The van der Waals surface area contributed by atoms with Crippen LogP contribution >= 0.6 is 11.6 Å². The van der Waals surface area contributed by atoms with Crippen LogP contribution in [0.5, 0.6) is 0 Å². The average Bonchev–Trinajstić information content (AvgIpc) is 2.96. The van der Waals surface area contributed by atoms with E-state index < -0.39 is 0 Å². The molecule has 1 saturated heterocycles. The number of piperidine rings is 1. The molecule has 27 heavy (non-hydrogen) atoms. The summed E-state index contributed by atoms with van der Waals surface area (Å²) < 4.78 is 1.62. The SMILES string of the molecule is Cn1nc2nc(NCCN3CCCCC3)nc(-c3ccccc3Cl)c2c1N. The molecular formula is C19H24ClN7. The fourth-order valence-electron chi connectivity index (χ4n) is 3.55. The van der Waals surface area contributed by atoms with Gasteiger partial charge in [0.25, 0.3) is 0 Å². The summed E-state index contributed by atoms with van der Waals surface area (Å²) in [4.78, 5) is 11.8. The summed E-state index contributed by atoms with van der Waals surface area (Å²) in [5.41, 5.74) is 8.32. The Hall–Kier alpha value is -2.38. The van der Waals surface area contributed by atoms with E-state index in [2.05, 4.69) is 20.3 Å². The normalized spacial score (nSPS) is 15.3. The number of likely N-dealkylation sites (tertiary alicyclic amines) is 1. The number of anilines is 2. The van der Waals surface area contributed by atoms with Crippen molar-refractivity contribution in [1.29, 1.82) is 0 Å². The minimum Gasteiger partial charge on any atom is -0.383 e. The molecule has 0 radical (unpaired) electrons. The number of nitrogens with zero attached hydrogens (tertiary/aromatic N) is 5. The van der Waals surface area contributed by atoms with Gasteiger partial charge in [0.2, 0.25) is 5.95 Å². The second-order valence-electron chi connectivity index (χ2n) is 6.91. The Balaban J connectivity index is 1.65. The highest BCUT2D eigenvalue weighted by atomic mass is 35.5. The van der Waals surface area contributed by atoms with Crippen molar-refractivity contribution in [1.82, 2.24) is 24.6 Å². The molecule has 142 valence electrons. The van der Waals surface area contributed by atoms with Crippen molar-refractivity contribution in [2.75, 3.05) is 37.2 Å². The van der Waals surface area contributed by atoms with Crippen LogP contribution in [0, 0.1) is 0 Å². The van der Waals surface area contributed by atoms with Gasteiger partial charge < -0.3 is 16.0 Å². The van der Waals surface area contributed by atoms with Crippen LogP contribution in [0.3, 0.4) is 0 Å². The van der Waals surface area contributed by atoms with Crippen molar-refractivity contribution in [3.63, 3.8) is 0 Å². The number of nitrogen functional groups attached to an aromatic ring is 1. The molecule has 1 aliphatic rings. The molecule has 8 heteroatoms. The predicted octanol–water partition coefficient (Wildman–Crippen LogP) is 3.16. The van der Waals surface area contributed by atoms with Gasteiger partial charge in [0.1, 0.15) is 5.82 Å². The highest BCUT2D eigenvalue weighted by Gasteiger charge is 2.18. The standard InChI is InChI=1S/C19H24ClN7/c1-26-17(21)15-16(13-7-3-4-8-14(13)20)23-19(24-18(15)25-26)22-9-12-27-10-5-2-6-11-27/h3-4,7-8H,2,5-6,9-12,21H2,1H3,(H,22,24,25). The van der Waals surface area contributed by atoms with E-state index in [1.54, 1.807) is 11.7 Å². The Morgan fingerprint density at radius 2 is 1.93 bits per heavy atom. The fraction of sp³-hybridized carbons (Fsp3) is 0.421. The molecule has 1 aromatic carbocycles. The lowest BCUT2D eigenvalue weighted by molar-refractivity contribution is 0.237. The third-order valence-corrected chi connectivity index (χ3v) is 5.36. The summed E-state index contributed by atoms with van der Waals surface area (Å²) >= 11 is 6.42. The molecule has 0 saturated carbocycles. The highest BCUT2D eigenvalue weighted by Crippen LogP contribution is 2.34. The van der Waals surface area contributed by atoms with Crippen LogP contribution in [-0.4, -0.2) is 50.8 Å². The minimum atomic E-state index is 0.528. The monoisotopic (exact) mass is 385 g/mol. The predicted molar refractivity (Wildman–Crippen MR) is 110 cm³/mol. The average molecular weight is 386 g/mol. The summed E-state index contributed by atoms with van der Waals surface area (Å²) in [6.07, 6.45) is 3.91. The number of benzene rings is 1. The van der Waals surface area contributed by atoms with Crippen molar-refractivity contribution in [3.8, 4) is 11.3 Å². The lowest BCUT2D eigenvalue weighted by atomic mass is 10.1. The van der Waals surface area contributed by atoms with E-state index in [1.807, 2.05) is 24.3 Å². The summed E-state index contributed by atoms with van der Waals surface area (Å²) in [6, 6.07) is 7.62. The number of fused-ring (bicyclic) bond motifs is 1. The van der Waals surface area contributed by atoms with Gasteiger partial charge >= 0.3 is 0 Å². The van der Waals surface area contributed by atoms with Crippen LogP contribution in [-0.2, 0) is 7.05 Å². The summed E-state index contributed by atoms with van der Waals surface area (Å²) in [6.45, 7) is 4.11. The first-order valence-corrected chi connectivity index (χ1v) is 9.72. The van der Waals surface area contributed by atoms with Crippen molar-refractivity contribution < 1.29 is 0 Å². The van der Waals surface area contributed by atoms with Gasteiger partial charge in [-0.1, -0.05) is 36.2 Å². The topological polar surface area (TPSA) is 84.9 Å². The van der Waals surface area contributed by atoms with Crippen LogP contribution in [0.2, 0.25) is 5.02 Å². The summed E-state index contributed by atoms with van der Waals surface area (Å²) in [5.74, 6) is 1.08. The number of halogens is 1. The van der Waals surface area contributed by atoms with Gasteiger partial charge in [0.05, 0.1) is 11.1 Å². The quantitative estimate of drug-likeness (QED) is 0.701. The van der Waals surface area contributed by atoms with E-state index >= 15 is 0 Å². The van der Waals surface area contributed by atoms with Crippen molar-refractivity contribution >= 4 is 34.4 Å². The van der Waals surface area contributed by atoms with E-state index in [9.17, 15) is 0 Å². The van der Waals surface area contributed by atoms with Crippen LogP contribution < -0.4 is 11.1 Å². The van der Waals surface area contributed by atoms with Gasteiger partial charge in [-0.15, -0.1) is 0 Å². The molecule has 0 unspecified atom stereocenters. The second-order valence-corrected chi connectivity index (χ2v) is 7.32. The molecule has 3 aromatic rings. The molecule has 3 N–H and O–H groups in total. The molecular weight excluding hydrogens is 362 g/mol. The molecule has 0 amide bonds. The van der Waals surface area contributed by atoms with E-state index in [0.717, 1.165) is 24.0 Å². The molecule has 0 bridgehead atoms. The number of aryl methyl sites for hydroxylation is 1. The Morgan fingerprint density at radius 3 is 2.70 bits per heavy atom. The molecule has 2 aromatic heterocycles. The summed E-state index contributed by atoms with van der Waals surface area (Å²) in [5, 5.41) is 9.13. The van der Waals surface area contributed by atoms with Gasteiger partial charge in [-0.25, -0.2) is 4.98 Å². The van der Waals surface area contributed by atoms with E-state index in [0.29, 0.717) is 28.1 Å². The Labute approximate surface area is 163 Å². The number of nitrogens with one attached hydrogen (secondary N) is 1. The van der Waals surface area contributed by atoms with Gasteiger partial charge in [-0.3, -0.25) is 4.68 Å². The second kappa shape index (κ2) is 7.70. The molecule has 0 aliphatic carbocycles. The Morgan fingerprint density at radius 1 is 1.15 bits per heavy atom. The lowest BCUT2D eigenvalue weighted by Gasteiger charge is -2.26. The zero-order valence-corrected chi connectivity index (χ0v) is 16.2. The molecule has 1 fully saturated rings. The number of hydrogen-bond donors (Lipinski definition) is 2. The van der Waals surface area contributed by atoms with Crippen molar-refractivity contribution in [3.05, 3.63) is 29.3 Å². The third-order valence-electron chi connectivity index (χ3n) is 5.03. The number of aromatic nitrogens is 4. The van der Waals surface area contributed by atoms with Gasteiger partial charge in [0, 0.05) is 30.7 Å². The number of hydrogen-bond acceptors (Lipinski definition) is 6. The molecule has 0 spiro atoms. The zero-order valence-electron chi connectivity index (χ0n) is 15.5. The number of nitrogens with two attached hydrogens (primary N) is 1. The largest absolute Gasteiger partial charge is 0.383 e. The number of rotatable bonds is 5. The third kappa shape index (κ3) is 3.70. The highest BCUT2D eigenvalue weighted by molar-refractivity contribution is 6.33. The van der Waals surface area contributed by atoms with E-state index in [1.165, 1.54) is 32.4 Å². The first-order valence-electron chi connectivity index (χ1n) is 9.35. The molecule has 1 aliphatic heterocycles. The first-order chi connectivity index (χ1) is 13.1. The summed E-state index contributed by atoms with van der Waals surface area (Å²) in [7, 11) is 1.80. The van der Waals surface area contributed by atoms with Crippen LogP contribution in [0.15, 0.2) is 24.3 Å². The molecule has 4 rings (SSSR count). The van der Waals surface area contributed by atoms with Gasteiger partial charge in [-0.05, 0) is 32.0 Å². The molecule has 0 atom stereocenters. The maximum absolute atomic E-state index is 6.42. The van der Waals surface area contributed by atoms with Crippen molar-refractivity contribution in [2.24, 2.45) is 7.05 Å². The lowest BCUT2D eigenvalue weighted by Crippen LogP contribution is -2.33. The zero-order chi connectivity index (χ0) is 18.8. The Kier molecular flexibility index (Phi) is 5.13. The first kappa shape index (κ1) is 18.0. The van der Waals surface area contributed by atoms with Gasteiger partial charge in [0.15, 0.2) is 5.65 Å². The Bertz CT molecular complexity index is 947. The van der Waals surface area contributed by atoms with Crippen LogP contribution in [0.1, 0.15) is 19.3 Å². The van der Waals surface area contributed by atoms with E-state index in [4.69, 9.17) is 22.3 Å². The smallest absolute Gasteiger partial charge is 0.225 e. The van der Waals surface area contributed by atoms with Gasteiger partial charge in [-0.2, -0.15) is 10.1 Å². The van der Waals surface area contributed by atoms with E-state index in [-0.39, 0.29) is 0 Å². The maximum atomic E-state index is 6.42. The molecule has 3 heterocycles.